The molecule has 4 nitrogen and oxygen atoms in total. The van der Waals surface area contributed by atoms with Crippen molar-refractivity contribution < 1.29 is 5.11 Å². The first-order chi connectivity index (χ1) is 10.1. The maximum atomic E-state index is 9.70. The molecule has 4 heteroatoms. The first-order valence-corrected chi connectivity index (χ1v) is 7.64. The first-order valence-electron chi connectivity index (χ1n) is 7.64. The molecular weight excluding hydrogens is 262 g/mol. The van der Waals surface area contributed by atoms with Crippen LogP contribution in [0.25, 0.3) is 5.69 Å². The average Bonchev–Trinajstić information content (AvgIpc) is 3.08. The molecule has 1 aromatic carbocycles. The predicted octanol–water partition coefficient (Wildman–Crippen LogP) is 2.38. The van der Waals surface area contributed by atoms with Crippen LogP contribution in [-0.4, -0.2) is 39.0 Å². The van der Waals surface area contributed by atoms with E-state index in [-0.39, 0.29) is 6.10 Å². The second-order valence-electron chi connectivity index (χ2n) is 6.04. The van der Waals surface area contributed by atoms with Crippen LogP contribution in [0.15, 0.2) is 36.5 Å². The molecule has 0 spiro atoms. The number of hydrogen-bond acceptors (Lipinski definition) is 3. The first kappa shape index (κ1) is 14.3. The number of hydrogen-bond donors (Lipinski definition) is 1. The lowest BCUT2D eigenvalue weighted by molar-refractivity contribution is 0.127. The van der Waals surface area contributed by atoms with Gasteiger partial charge in [-0.3, -0.25) is 4.90 Å². The highest BCUT2D eigenvalue weighted by Gasteiger charge is 2.26. The molecule has 0 bridgehead atoms. The highest BCUT2D eigenvalue weighted by molar-refractivity contribution is 5.32. The minimum absolute atomic E-state index is 0.205. The normalized spacial score (nSPS) is 20.8. The predicted molar refractivity (Wildman–Crippen MR) is 83.4 cm³/mol. The van der Waals surface area contributed by atoms with Gasteiger partial charge in [0.1, 0.15) is 0 Å². The van der Waals surface area contributed by atoms with Crippen molar-refractivity contribution in [2.24, 2.45) is 5.92 Å². The van der Waals surface area contributed by atoms with Crippen LogP contribution in [0.1, 0.15) is 24.6 Å². The number of aromatic nitrogens is 2. The zero-order valence-electron chi connectivity index (χ0n) is 12.7. The van der Waals surface area contributed by atoms with Crippen molar-refractivity contribution in [3.63, 3.8) is 0 Å². The molecule has 2 atom stereocenters. The van der Waals surface area contributed by atoms with Gasteiger partial charge in [0.25, 0.3) is 0 Å². The number of rotatable bonds is 4. The number of aliphatic hydroxyl groups is 1. The molecule has 0 radical (unpaired) electrons. The maximum Gasteiger partial charge on any atom is 0.0645 e. The lowest BCUT2D eigenvalue weighted by atomic mass is 10.0. The summed E-state index contributed by atoms with van der Waals surface area (Å²) < 4.78 is 1.95. The number of likely N-dealkylation sites (tertiary alicyclic amines) is 1. The van der Waals surface area contributed by atoms with E-state index < -0.39 is 0 Å². The fourth-order valence-electron chi connectivity index (χ4n) is 3.00. The topological polar surface area (TPSA) is 41.3 Å². The monoisotopic (exact) mass is 285 g/mol. The Morgan fingerprint density at radius 3 is 2.76 bits per heavy atom. The molecule has 1 aliphatic rings. The van der Waals surface area contributed by atoms with Crippen molar-refractivity contribution in [1.82, 2.24) is 14.7 Å². The van der Waals surface area contributed by atoms with Gasteiger partial charge in [0, 0.05) is 24.8 Å². The molecule has 1 fully saturated rings. The smallest absolute Gasteiger partial charge is 0.0645 e. The molecule has 112 valence electrons. The van der Waals surface area contributed by atoms with Gasteiger partial charge in [-0.2, -0.15) is 5.10 Å². The van der Waals surface area contributed by atoms with Gasteiger partial charge >= 0.3 is 0 Å². The Morgan fingerprint density at radius 2 is 2.10 bits per heavy atom. The van der Waals surface area contributed by atoms with E-state index >= 15 is 0 Å². The number of para-hydroxylation sites is 1. The van der Waals surface area contributed by atoms with Gasteiger partial charge in [-0.15, -0.1) is 0 Å². The van der Waals surface area contributed by atoms with E-state index in [2.05, 4.69) is 35.3 Å². The van der Waals surface area contributed by atoms with Crippen LogP contribution < -0.4 is 0 Å². The highest BCUT2D eigenvalue weighted by atomic mass is 16.3. The van der Waals surface area contributed by atoms with Crippen molar-refractivity contribution >= 4 is 0 Å². The lowest BCUT2D eigenvalue weighted by Crippen LogP contribution is -2.24. The van der Waals surface area contributed by atoms with Crippen molar-refractivity contribution in [1.29, 1.82) is 0 Å². The van der Waals surface area contributed by atoms with Crippen molar-refractivity contribution in [2.75, 3.05) is 13.1 Å². The summed E-state index contributed by atoms with van der Waals surface area (Å²) in [5, 5.41) is 14.3. The van der Waals surface area contributed by atoms with Gasteiger partial charge in [-0.25, -0.2) is 4.68 Å². The van der Waals surface area contributed by atoms with E-state index in [0.29, 0.717) is 5.92 Å². The molecule has 2 aromatic rings. The molecule has 0 amide bonds. The second-order valence-corrected chi connectivity index (χ2v) is 6.04. The zero-order chi connectivity index (χ0) is 14.8. The van der Waals surface area contributed by atoms with E-state index in [9.17, 15) is 5.11 Å². The van der Waals surface area contributed by atoms with E-state index in [0.717, 1.165) is 37.4 Å². The molecule has 0 aliphatic carbocycles. The maximum absolute atomic E-state index is 9.70. The molecule has 1 saturated heterocycles. The molecule has 0 saturated carbocycles. The Morgan fingerprint density at radius 1 is 1.33 bits per heavy atom. The molecule has 2 unspecified atom stereocenters. The Hall–Kier alpha value is -1.65. The number of nitrogens with zero attached hydrogens (tertiary/aromatic N) is 3. The second kappa shape index (κ2) is 6.00. The zero-order valence-corrected chi connectivity index (χ0v) is 12.7. The Balaban J connectivity index is 1.71. The summed E-state index contributed by atoms with van der Waals surface area (Å²) in [6, 6.07) is 10.2. The minimum atomic E-state index is -0.205. The van der Waals surface area contributed by atoms with E-state index in [4.69, 9.17) is 0 Å². The van der Waals surface area contributed by atoms with E-state index in [1.165, 1.54) is 5.56 Å². The average molecular weight is 285 g/mol. The van der Waals surface area contributed by atoms with Crippen molar-refractivity contribution in [3.05, 3.63) is 47.8 Å². The summed E-state index contributed by atoms with van der Waals surface area (Å²) in [4.78, 5) is 2.41. The lowest BCUT2D eigenvalue weighted by Gasteiger charge is -2.16. The fraction of sp³-hybridized carbons (Fsp3) is 0.471. The third kappa shape index (κ3) is 3.17. The number of benzene rings is 1. The Bertz CT molecular complexity index is 591. The Kier molecular flexibility index (Phi) is 4.08. The standard InChI is InChI=1S/C17H23N3O/c1-13-16(11-19-9-8-15(10-19)14(2)21)12-20(18-13)17-6-4-3-5-7-17/h3-7,12,14-15,21H,8-11H2,1-2H3. The van der Waals surface area contributed by atoms with Gasteiger partial charge in [0.2, 0.25) is 0 Å². The molecule has 1 aliphatic heterocycles. The third-order valence-corrected chi connectivity index (χ3v) is 4.41. The third-order valence-electron chi connectivity index (χ3n) is 4.41. The largest absolute Gasteiger partial charge is 0.393 e. The quantitative estimate of drug-likeness (QED) is 0.938. The van der Waals surface area contributed by atoms with Crippen molar-refractivity contribution in [2.45, 2.75) is 32.9 Å². The van der Waals surface area contributed by atoms with Gasteiger partial charge in [0.15, 0.2) is 0 Å². The summed E-state index contributed by atoms with van der Waals surface area (Å²) in [7, 11) is 0. The summed E-state index contributed by atoms with van der Waals surface area (Å²) in [6.45, 7) is 6.92. The summed E-state index contributed by atoms with van der Waals surface area (Å²) in [5.41, 5.74) is 3.44. The molecule has 2 heterocycles. The van der Waals surface area contributed by atoms with Crippen LogP contribution in [-0.2, 0) is 6.54 Å². The summed E-state index contributed by atoms with van der Waals surface area (Å²) in [5.74, 6) is 0.412. The van der Waals surface area contributed by atoms with Crippen LogP contribution in [0.3, 0.4) is 0 Å². The van der Waals surface area contributed by atoms with E-state index in [1.807, 2.05) is 29.8 Å². The fourth-order valence-corrected chi connectivity index (χ4v) is 3.00. The Labute approximate surface area is 126 Å². The van der Waals surface area contributed by atoms with Crippen molar-refractivity contribution in [3.8, 4) is 5.69 Å². The molecule has 3 rings (SSSR count). The van der Waals surface area contributed by atoms with Gasteiger partial charge in [0.05, 0.1) is 17.5 Å². The molecule has 1 aromatic heterocycles. The van der Waals surface area contributed by atoms with Gasteiger partial charge < -0.3 is 5.11 Å². The molecular formula is C17H23N3O. The molecule has 1 N–H and O–H groups in total. The molecule has 21 heavy (non-hydrogen) atoms. The highest BCUT2D eigenvalue weighted by Crippen LogP contribution is 2.22. The van der Waals surface area contributed by atoms with Gasteiger partial charge in [-0.05, 0) is 44.9 Å². The van der Waals surface area contributed by atoms with Crippen LogP contribution in [0.5, 0.6) is 0 Å². The SMILES string of the molecule is Cc1nn(-c2ccccc2)cc1CN1CCC(C(C)O)C1. The van der Waals surface area contributed by atoms with Crippen LogP contribution >= 0.6 is 0 Å². The van der Waals surface area contributed by atoms with Crippen LogP contribution in [0, 0.1) is 12.8 Å². The summed E-state index contributed by atoms with van der Waals surface area (Å²) in [6.07, 6.45) is 3.01. The number of aryl methyl sites for hydroxylation is 1. The van der Waals surface area contributed by atoms with Crippen LogP contribution in [0.4, 0.5) is 0 Å². The van der Waals surface area contributed by atoms with Crippen LogP contribution in [0.2, 0.25) is 0 Å². The summed E-state index contributed by atoms with van der Waals surface area (Å²) >= 11 is 0. The number of aliphatic hydroxyl groups excluding tert-OH is 1. The minimum Gasteiger partial charge on any atom is -0.393 e. The van der Waals surface area contributed by atoms with Gasteiger partial charge in [-0.1, -0.05) is 18.2 Å². The van der Waals surface area contributed by atoms with E-state index in [1.54, 1.807) is 0 Å².